The van der Waals surface area contributed by atoms with Gasteiger partial charge >= 0.3 is 18.1 Å². The van der Waals surface area contributed by atoms with E-state index in [1.54, 1.807) is 30.3 Å². The van der Waals surface area contributed by atoms with Crippen LogP contribution >= 0.6 is 0 Å². The van der Waals surface area contributed by atoms with E-state index in [9.17, 15) is 27.9 Å². The molecule has 4 rings (SSSR count). The molecule has 0 bridgehead atoms. The van der Waals surface area contributed by atoms with Gasteiger partial charge in [0.05, 0.1) is 6.54 Å². The summed E-state index contributed by atoms with van der Waals surface area (Å²) in [7, 11) is 0. The Hall–Kier alpha value is -3.88. The highest BCUT2D eigenvalue weighted by atomic mass is 19.4. The Morgan fingerprint density at radius 2 is 1.70 bits per heavy atom. The van der Waals surface area contributed by atoms with Gasteiger partial charge in [-0.05, 0) is 42.2 Å². The van der Waals surface area contributed by atoms with Gasteiger partial charge in [0.1, 0.15) is 17.9 Å². The number of carbonyl (C=O) groups excluding carboxylic acids is 1. The first-order valence-electron chi connectivity index (χ1n) is 12.1. The molecular formula is C28H27F3N2O4. The van der Waals surface area contributed by atoms with Gasteiger partial charge in [-0.25, -0.2) is 4.79 Å². The zero-order chi connectivity index (χ0) is 26.4. The van der Waals surface area contributed by atoms with Crippen molar-refractivity contribution < 1.29 is 32.6 Å². The molecule has 0 saturated heterocycles. The molecule has 0 unspecified atom stereocenters. The number of nitrogens with zero attached hydrogens (tertiary/aromatic N) is 2. The average Bonchev–Trinajstić information content (AvgIpc) is 2.91. The Morgan fingerprint density at radius 3 is 2.32 bits per heavy atom. The fraction of sp³-hybridized carbons (Fsp3) is 0.321. The van der Waals surface area contributed by atoms with Crippen LogP contribution in [-0.2, 0) is 17.9 Å². The van der Waals surface area contributed by atoms with Gasteiger partial charge < -0.3 is 9.84 Å². The molecule has 1 aromatic heterocycles. The van der Waals surface area contributed by atoms with Crippen molar-refractivity contribution in [3.05, 3.63) is 89.2 Å². The molecule has 1 aliphatic rings. The third-order valence-corrected chi connectivity index (χ3v) is 6.44. The summed E-state index contributed by atoms with van der Waals surface area (Å²) in [5.74, 6) is -3.17. The lowest BCUT2D eigenvalue weighted by Gasteiger charge is -2.25. The Kier molecular flexibility index (Phi) is 8.11. The summed E-state index contributed by atoms with van der Waals surface area (Å²) >= 11 is 0. The van der Waals surface area contributed by atoms with Crippen LogP contribution < -0.4 is 9.64 Å². The van der Waals surface area contributed by atoms with Gasteiger partial charge in [-0.15, -0.1) is 0 Å². The number of carboxylic acids is 1. The van der Waals surface area contributed by atoms with Gasteiger partial charge in [0.2, 0.25) is 0 Å². The van der Waals surface area contributed by atoms with Crippen molar-refractivity contribution in [1.29, 1.82) is 0 Å². The lowest BCUT2D eigenvalue weighted by Crippen LogP contribution is -2.41. The number of alkyl halides is 3. The number of halogens is 3. The summed E-state index contributed by atoms with van der Waals surface area (Å²) in [6.45, 7) is -0.384. The van der Waals surface area contributed by atoms with E-state index in [2.05, 4.69) is 4.98 Å². The number of amides is 1. The molecule has 1 saturated carbocycles. The Bertz CT molecular complexity index is 1220. The van der Waals surface area contributed by atoms with Crippen LogP contribution in [0.4, 0.5) is 18.9 Å². The molecule has 2 aromatic carbocycles. The number of anilines is 1. The SMILES string of the molecule is O=C(O)c1ccc(N(Cc2ccc(C3CCCCC3)nc2)C(=O)C(F)(F)F)cc1OCc1ccccc1. The summed E-state index contributed by atoms with van der Waals surface area (Å²) in [6.07, 6.45) is 1.89. The van der Waals surface area contributed by atoms with Crippen LogP contribution in [-0.4, -0.2) is 28.1 Å². The van der Waals surface area contributed by atoms with Gasteiger partial charge in [-0.2, -0.15) is 13.2 Å². The predicted molar refractivity (Wildman–Crippen MR) is 131 cm³/mol. The number of hydrogen-bond acceptors (Lipinski definition) is 4. The molecule has 6 nitrogen and oxygen atoms in total. The minimum absolute atomic E-state index is 0.00430. The maximum Gasteiger partial charge on any atom is 0.471 e. The Morgan fingerprint density at radius 1 is 0.973 bits per heavy atom. The second-order valence-corrected chi connectivity index (χ2v) is 9.08. The monoisotopic (exact) mass is 512 g/mol. The molecule has 37 heavy (non-hydrogen) atoms. The van der Waals surface area contributed by atoms with Crippen LogP contribution in [0.25, 0.3) is 0 Å². The minimum Gasteiger partial charge on any atom is -0.488 e. The molecule has 0 spiro atoms. The fourth-order valence-corrected chi connectivity index (χ4v) is 4.50. The van der Waals surface area contributed by atoms with Gasteiger partial charge in [-0.1, -0.05) is 55.7 Å². The van der Waals surface area contributed by atoms with Crippen LogP contribution in [0.1, 0.15) is 65.2 Å². The normalized spacial score (nSPS) is 14.2. The average molecular weight is 513 g/mol. The number of ether oxygens (including phenoxy) is 1. The molecule has 9 heteroatoms. The van der Waals surface area contributed by atoms with E-state index >= 15 is 0 Å². The molecule has 1 fully saturated rings. The fourth-order valence-electron chi connectivity index (χ4n) is 4.50. The first-order valence-corrected chi connectivity index (χ1v) is 12.1. The zero-order valence-electron chi connectivity index (χ0n) is 20.1. The van der Waals surface area contributed by atoms with E-state index in [1.807, 2.05) is 12.1 Å². The molecule has 1 heterocycles. The second-order valence-electron chi connectivity index (χ2n) is 9.08. The molecule has 3 aromatic rings. The van der Waals surface area contributed by atoms with E-state index in [-0.39, 0.29) is 30.2 Å². The van der Waals surface area contributed by atoms with Crippen LogP contribution in [0.15, 0.2) is 66.9 Å². The highest BCUT2D eigenvalue weighted by Gasteiger charge is 2.43. The molecule has 1 N–H and O–H groups in total. The molecule has 194 valence electrons. The first-order chi connectivity index (χ1) is 17.7. The molecule has 1 amide bonds. The highest BCUT2D eigenvalue weighted by molar-refractivity contribution is 5.98. The second kappa shape index (κ2) is 11.5. The number of hydrogen-bond donors (Lipinski definition) is 1. The van der Waals surface area contributed by atoms with Crippen LogP contribution in [0.5, 0.6) is 5.75 Å². The van der Waals surface area contributed by atoms with Crippen molar-refractivity contribution in [1.82, 2.24) is 4.98 Å². The number of aromatic nitrogens is 1. The summed E-state index contributed by atoms with van der Waals surface area (Å²) in [5, 5.41) is 9.55. The van der Waals surface area contributed by atoms with Crippen LogP contribution in [0.2, 0.25) is 0 Å². The predicted octanol–water partition coefficient (Wildman–Crippen LogP) is 6.50. The third kappa shape index (κ3) is 6.67. The molecule has 0 aliphatic heterocycles. The summed E-state index contributed by atoms with van der Waals surface area (Å²) in [6, 6.07) is 15.9. The van der Waals surface area contributed by atoms with Crippen molar-refractivity contribution in [2.45, 2.75) is 57.3 Å². The zero-order valence-corrected chi connectivity index (χ0v) is 20.1. The minimum atomic E-state index is -5.13. The summed E-state index contributed by atoms with van der Waals surface area (Å²) in [5.41, 5.74) is 1.71. The third-order valence-electron chi connectivity index (χ3n) is 6.44. The van der Waals surface area contributed by atoms with Crippen molar-refractivity contribution in [3.63, 3.8) is 0 Å². The van der Waals surface area contributed by atoms with E-state index in [0.29, 0.717) is 16.4 Å². The largest absolute Gasteiger partial charge is 0.488 e. The standard InChI is InChI=1S/C28H27F3N2O4/c29-28(30,31)27(36)33(17-20-11-14-24(32-16-20)21-9-5-2-6-10-21)22-12-13-23(26(34)35)25(15-22)37-18-19-7-3-1-4-8-19/h1,3-4,7-8,11-16,21H,2,5-6,9-10,17-18H2,(H,34,35). The van der Waals surface area contributed by atoms with Gasteiger partial charge in [0, 0.05) is 29.6 Å². The van der Waals surface area contributed by atoms with E-state index < -0.39 is 18.1 Å². The molecular weight excluding hydrogens is 485 g/mol. The lowest BCUT2D eigenvalue weighted by molar-refractivity contribution is -0.170. The van der Waals surface area contributed by atoms with Crippen molar-refractivity contribution in [2.24, 2.45) is 0 Å². The van der Waals surface area contributed by atoms with Crippen molar-refractivity contribution in [2.75, 3.05) is 4.90 Å². The highest BCUT2D eigenvalue weighted by Crippen LogP contribution is 2.33. The van der Waals surface area contributed by atoms with E-state index in [1.165, 1.54) is 18.7 Å². The molecule has 1 aliphatic carbocycles. The maximum absolute atomic E-state index is 13.5. The van der Waals surface area contributed by atoms with E-state index in [0.717, 1.165) is 49.1 Å². The van der Waals surface area contributed by atoms with Crippen LogP contribution in [0, 0.1) is 0 Å². The Balaban J connectivity index is 1.62. The van der Waals surface area contributed by atoms with Gasteiger partial charge in [-0.3, -0.25) is 14.7 Å². The summed E-state index contributed by atoms with van der Waals surface area (Å²) in [4.78, 5) is 29.2. The smallest absolute Gasteiger partial charge is 0.471 e. The van der Waals surface area contributed by atoms with Gasteiger partial charge in [0.25, 0.3) is 0 Å². The lowest BCUT2D eigenvalue weighted by atomic mass is 9.86. The number of carbonyl (C=O) groups is 2. The van der Waals surface area contributed by atoms with Gasteiger partial charge in [0.15, 0.2) is 0 Å². The molecule has 0 radical (unpaired) electrons. The number of carboxylic acid groups (broad SMARTS) is 1. The topological polar surface area (TPSA) is 79.7 Å². The Labute approximate surface area is 212 Å². The number of rotatable bonds is 8. The number of pyridine rings is 1. The van der Waals surface area contributed by atoms with Crippen molar-refractivity contribution in [3.8, 4) is 5.75 Å². The summed E-state index contributed by atoms with van der Waals surface area (Å²) < 4.78 is 46.3. The van der Waals surface area contributed by atoms with Crippen molar-refractivity contribution >= 4 is 17.6 Å². The number of benzene rings is 2. The molecule has 0 atom stereocenters. The number of aromatic carboxylic acids is 1. The quantitative estimate of drug-likeness (QED) is 0.373. The van der Waals surface area contributed by atoms with E-state index in [4.69, 9.17) is 4.74 Å². The van der Waals surface area contributed by atoms with Crippen LogP contribution in [0.3, 0.4) is 0 Å². The maximum atomic E-state index is 13.5. The first kappa shape index (κ1) is 26.2.